The molecule has 29 heavy (non-hydrogen) atoms. The van der Waals surface area contributed by atoms with Crippen LogP contribution in [0.25, 0.3) is 6.08 Å². The molecule has 0 fully saturated rings. The average Bonchev–Trinajstić information content (AvgIpc) is 2.67. The molecular weight excluding hydrogens is 385 g/mol. The number of hydrazine groups is 1. The first-order chi connectivity index (χ1) is 13.6. The number of rotatable bonds is 5. The van der Waals surface area contributed by atoms with Crippen LogP contribution in [-0.2, 0) is 15.8 Å². The molecule has 2 aromatic carbocycles. The van der Waals surface area contributed by atoms with E-state index in [-0.39, 0.29) is 5.56 Å². The van der Waals surface area contributed by atoms with E-state index in [2.05, 4.69) is 10.9 Å². The highest BCUT2D eigenvalue weighted by Crippen LogP contribution is 2.29. The highest BCUT2D eigenvalue weighted by atomic mass is 19.4. The second-order valence-corrected chi connectivity index (χ2v) is 6.39. The van der Waals surface area contributed by atoms with Gasteiger partial charge in [0, 0.05) is 6.08 Å². The summed E-state index contributed by atoms with van der Waals surface area (Å²) < 4.78 is 43.7. The van der Waals surface area contributed by atoms with Crippen LogP contribution in [0, 0.1) is 13.8 Å². The van der Waals surface area contributed by atoms with Crippen molar-refractivity contribution in [1.29, 1.82) is 0 Å². The summed E-state index contributed by atoms with van der Waals surface area (Å²) in [6.45, 7) is 5.32. The first-order valence-electron chi connectivity index (χ1n) is 8.76. The molecule has 0 radical (unpaired) electrons. The first-order valence-corrected chi connectivity index (χ1v) is 8.76. The molecule has 5 nitrogen and oxygen atoms in total. The summed E-state index contributed by atoms with van der Waals surface area (Å²) >= 11 is 0. The second-order valence-electron chi connectivity index (χ2n) is 6.39. The Morgan fingerprint density at radius 3 is 2.45 bits per heavy atom. The Labute approximate surface area is 166 Å². The minimum atomic E-state index is -4.47. The average molecular weight is 406 g/mol. The van der Waals surface area contributed by atoms with Crippen LogP contribution in [-0.4, -0.2) is 17.9 Å². The van der Waals surface area contributed by atoms with Crippen LogP contribution < -0.4 is 15.6 Å². The van der Waals surface area contributed by atoms with Crippen LogP contribution in [0.1, 0.15) is 29.2 Å². The summed E-state index contributed by atoms with van der Waals surface area (Å²) in [5.41, 5.74) is 5.68. The molecule has 0 bridgehead atoms. The van der Waals surface area contributed by atoms with E-state index in [4.69, 9.17) is 4.74 Å². The second kappa shape index (κ2) is 9.27. The van der Waals surface area contributed by atoms with Gasteiger partial charge in [0.1, 0.15) is 5.75 Å². The van der Waals surface area contributed by atoms with E-state index in [1.165, 1.54) is 25.1 Å². The molecule has 0 saturated heterocycles. The van der Waals surface area contributed by atoms with Gasteiger partial charge in [-0.15, -0.1) is 0 Å². The third-order valence-corrected chi connectivity index (χ3v) is 4.18. The number of carbonyl (C=O) groups excluding carboxylic acids is 2. The lowest BCUT2D eigenvalue weighted by atomic mass is 10.1. The molecule has 0 aliphatic heterocycles. The Balaban J connectivity index is 1.89. The Bertz CT molecular complexity index is 924. The van der Waals surface area contributed by atoms with Crippen LogP contribution in [0.3, 0.4) is 0 Å². The van der Waals surface area contributed by atoms with Gasteiger partial charge in [0.05, 0.1) is 5.56 Å². The van der Waals surface area contributed by atoms with Crippen molar-refractivity contribution in [1.82, 2.24) is 10.9 Å². The number of hydrogen-bond donors (Lipinski definition) is 2. The summed E-state index contributed by atoms with van der Waals surface area (Å²) in [6.07, 6.45) is -3.10. The quantitative estimate of drug-likeness (QED) is 0.584. The van der Waals surface area contributed by atoms with Crippen molar-refractivity contribution in [3.8, 4) is 5.75 Å². The van der Waals surface area contributed by atoms with Crippen LogP contribution >= 0.6 is 0 Å². The van der Waals surface area contributed by atoms with Crippen molar-refractivity contribution >= 4 is 17.9 Å². The summed E-state index contributed by atoms with van der Waals surface area (Å²) in [6, 6.07) is 10.00. The molecule has 2 rings (SSSR count). The zero-order valence-corrected chi connectivity index (χ0v) is 16.1. The van der Waals surface area contributed by atoms with Crippen molar-refractivity contribution in [2.75, 3.05) is 0 Å². The van der Waals surface area contributed by atoms with Crippen LogP contribution in [0.5, 0.6) is 5.75 Å². The van der Waals surface area contributed by atoms with Crippen LogP contribution in [0.15, 0.2) is 48.5 Å². The molecule has 2 aromatic rings. The Morgan fingerprint density at radius 2 is 1.76 bits per heavy atom. The molecule has 0 heterocycles. The van der Waals surface area contributed by atoms with Gasteiger partial charge in [-0.25, -0.2) is 0 Å². The Hall–Kier alpha value is -3.29. The third-order valence-electron chi connectivity index (χ3n) is 4.18. The van der Waals surface area contributed by atoms with E-state index < -0.39 is 29.7 Å². The molecule has 0 saturated carbocycles. The zero-order valence-electron chi connectivity index (χ0n) is 16.1. The van der Waals surface area contributed by atoms with Gasteiger partial charge in [0.25, 0.3) is 11.8 Å². The lowest BCUT2D eigenvalue weighted by molar-refractivity contribution is -0.137. The SMILES string of the molecule is Cc1cccc(OC(C)C(=O)NNC(=O)/C=C/c2cccc(C(F)(F)F)c2)c1C. The lowest BCUT2D eigenvalue weighted by Gasteiger charge is -2.17. The molecular formula is C21H21F3N2O3. The van der Waals surface area contributed by atoms with Gasteiger partial charge in [-0.1, -0.05) is 24.3 Å². The van der Waals surface area contributed by atoms with E-state index in [0.717, 1.165) is 29.3 Å². The number of benzene rings is 2. The predicted octanol–water partition coefficient (Wildman–Crippen LogP) is 3.95. The molecule has 0 aliphatic rings. The maximum absolute atomic E-state index is 12.7. The minimum Gasteiger partial charge on any atom is -0.481 e. The van der Waals surface area contributed by atoms with Crippen molar-refractivity contribution in [3.05, 3.63) is 70.8 Å². The van der Waals surface area contributed by atoms with E-state index in [9.17, 15) is 22.8 Å². The highest BCUT2D eigenvalue weighted by Gasteiger charge is 2.30. The van der Waals surface area contributed by atoms with Gasteiger partial charge < -0.3 is 4.74 Å². The van der Waals surface area contributed by atoms with E-state index in [1.54, 1.807) is 6.07 Å². The molecule has 0 aliphatic carbocycles. The minimum absolute atomic E-state index is 0.202. The van der Waals surface area contributed by atoms with E-state index >= 15 is 0 Å². The predicted molar refractivity (Wildman–Crippen MR) is 103 cm³/mol. The molecule has 0 aromatic heterocycles. The van der Waals surface area contributed by atoms with Gasteiger partial charge in [-0.3, -0.25) is 20.4 Å². The van der Waals surface area contributed by atoms with Crippen molar-refractivity contribution < 1.29 is 27.5 Å². The summed E-state index contributed by atoms with van der Waals surface area (Å²) in [5, 5.41) is 0. The zero-order chi connectivity index (χ0) is 21.6. The van der Waals surface area contributed by atoms with Gasteiger partial charge in [-0.05, 0) is 61.7 Å². The third kappa shape index (κ3) is 6.38. The Kier molecular flexibility index (Phi) is 7.03. The van der Waals surface area contributed by atoms with Crippen molar-refractivity contribution in [2.45, 2.75) is 33.1 Å². The number of amides is 2. The van der Waals surface area contributed by atoms with Gasteiger partial charge >= 0.3 is 6.18 Å². The molecule has 8 heteroatoms. The van der Waals surface area contributed by atoms with Crippen molar-refractivity contribution in [2.24, 2.45) is 0 Å². The smallest absolute Gasteiger partial charge is 0.416 e. The van der Waals surface area contributed by atoms with Crippen LogP contribution in [0.2, 0.25) is 0 Å². The topological polar surface area (TPSA) is 67.4 Å². The fraction of sp³-hybridized carbons (Fsp3) is 0.238. The number of nitrogens with one attached hydrogen (secondary N) is 2. The number of ether oxygens (including phenoxy) is 1. The number of aryl methyl sites for hydroxylation is 1. The summed E-state index contributed by atoms with van der Waals surface area (Å²) in [7, 11) is 0. The fourth-order valence-electron chi connectivity index (χ4n) is 2.35. The normalized spacial score (nSPS) is 12.5. The monoisotopic (exact) mass is 406 g/mol. The molecule has 2 N–H and O–H groups in total. The molecule has 154 valence electrons. The molecule has 1 unspecified atom stereocenters. The first kappa shape index (κ1) is 22.0. The Morgan fingerprint density at radius 1 is 1.07 bits per heavy atom. The maximum Gasteiger partial charge on any atom is 0.416 e. The van der Waals surface area contributed by atoms with Crippen molar-refractivity contribution in [3.63, 3.8) is 0 Å². The standard InChI is InChI=1S/C21H21F3N2O3/c1-13-6-4-9-18(14(13)2)29-15(3)20(28)26-25-19(27)11-10-16-7-5-8-17(12-16)21(22,23)24/h4-12,15H,1-3H3,(H,25,27)(H,26,28)/b11-10+. The molecule has 1 atom stereocenters. The van der Waals surface area contributed by atoms with E-state index in [1.807, 2.05) is 26.0 Å². The molecule has 2 amide bonds. The number of hydrogen-bond acceptors (Lipinski definition) is 3. The fourth-order valence-corrected chi connectivity index (χ4v) is 2.35. The summed E-state index contributed by atoms with van der Waals surface area (Å²) in [4.78, 5) is 23.9. The highest BCUT2D eigenvalue weighted by molar-refractivity contribution is 5.93. The van der Waals surface area contributed by atoms with Gasteiger partial charge in [-0.2, -0.15) is 13.2 Å². The van der Waals surface area contributed by atoms with Crippen LogP contribution in [0.4, 0.5) is 13.2 Å². The number of alkyl halides is 3. The summed E-state index contributed by atoms with van der Waals surface area (Å²) in [5.74, 6) is -0.718. The lowest BCUT2D eigenvalue weighted by Crippen LogP contribution is -2.46. The van der Waals surface area contributed by atoms with Gasteiger partial charge in [0.15, 0.2) is 6.10 Å². The maximum atomic E-state index is 12.7. The number of halogens is 3. The van der Waals surface area contributed by atoms with E-state index in [0.29, 0.717) is 5.75 Å². The molecule has 0 spiro atoms. The van der Waals surface area contributed by atoms with Gasteiger partial charge in [0.2, 0.25) is 0 Å². The number of carbonyl (C=O) groups is 2. The largest absolute Gasteiger partial charge is 0.481 e.